The summed E-state index contributed by atoms with van der Waals surface area (Å²) in [4.78, 5) is 27.4. The number of benzene rings is 4. The van der Waals surface area contributed by atoms with Gasteiger partial charge in [0.15, 0.2) is 0 Å². The second-order valence-electron chi connectivity index (χ2n) is 9.25. The van der Waals surface area contributed by atoms with Gasteiger partial charge in [0.25, 0.3) is 0 Å². The molecule has 198 valence electrons. The molecule has 1 heterocycles. The van der Waals surface area contributed by atoms with Gasteiger partial charge in [-0.3, -0.25) is 4.79 Å². The number of ether oxygens (including phenoxy) is 1. The minimum atomic E-state index is -0.733. The number of hydrogen-bond acceptors (Lipinski definition) is 4. The van der Waals surface area contributed by atoms with Gasteiger partial charge in [0.2, 0.25) is 5.91 Å². The molecule has 0 saturated carbocycles. The lowest BCUT2D eigenvalue weighted by Gasteiger charge is -2.20. The van der Waals surface area contributed by atoms with Crippen LogP contribution in [0.4, 0.5) is 16.2 Å². The summed E-state index contributed by atoms with van der Waals surface area (Å²) in [5, 5.41) is 6.70. The maximum absolute atomic E-state index is 13.0. The number of nitrogens with zero attached hydrogens (tertiary/aromatic N) is 1. The number of carbonyl (C=O) groups is 2. The molecule has 0 fully saturated rings. The highest BCUT2D eigenvalue weighted by molar-refractivity contribution is 6.35. The predicted molar refractivity (Wildman–Crippen MR) is 154 cm³/mol. The second-order valence-corrected chi connectivity index (χ2v) is 10.1. The van der Waals surface area contributed by atoms with Crippen LogP contribution in [-0.4, -0.2) is 22.9 Å². The average Bonchev–Trinajstić information content (AvgIpc) is 3.34. The number of hydrogen-bond donors (Lipinski definition) is 3. The third-order valence-corrected chi connectivity index (χ3v) is 6.93. The normalized spacial score (nSPS) is 12.9. The smallest absolute Gasteiger partial charge is 0.323 e. The summed E-state index contributed by atoms with van der Waals surface area (Å²) in [6.45, 7) is 0.864. The zero-order valence-electron chi connectivity index (χ0n) is 20.9. The Morgan fingerprint density at radius 3 is 2.31 bits per heavy atom. The standard InChI is InChI=1S/C30H26Cl2N4O3/c31-22-11-9-19(27(32)15-22)14-28(33)29(37)36-17-20-10-12-24(13-21(20)18-36)35-30(38)34-23-5-4-8-26(16-23)39-25-6-2-1-3-7-25/h1-13,15-16,28H,14,17-18,33H2,(H2,34,35,38)/t28-/m1/s1. The van der Waals surface area contributed by atoms with Crippen LogP contribution in [0.2, 0.25) is 10.0 Å². The molecule has 0 bridgehead atoms. The number of urea groups is 1. The van der Waals surface area contributed by atoms with Gasteiger partial charge in [-0.05, 0) is 71.6 Å². The zero-order valence-corrected chi connectivity index (χ0v) is 22.4. The van der Waals surface area contributed by atoms with Crippen LogP contribution in [0.25, 0.3) is 0 Å². The molecule has 9 heteroatoms. The molecule has 0 unspecified atom stereocenters. The molecule has 0 spiro atoms. The summed E-state index contributed by atoms with van der Waals surface area (Å²) < 4.78 is 5.83. The van der Waals surface area contributed by atoms with E-state index < -0.39 is 6.04 Å². The fourth-order valence-electron chi connectivity index (χ4n) is 4.43. The number of para-hydroxylation sites is 1. The van der Waals surface area contributed by atoms with Crippen molar-refractivity contribution < 1.29 is 14.3 Å². The largest absolute Gasteiger partial charge is 0.457 e. The molecule has 1 aliphatic heterocycles. The number of amides is 3. The van der Waals surface area contributed by atoms with Crippen LogP contribution in [0, 0.1) is 0 Å². The van der Waals surface area contributed by atoms with E-state index in [-0.39, 0.29) is 11.9 Å². The van der Waals surface area contributed by atoms with Crippen molar-refractivity contribution in [3.05, 3.63) is 118 Å². The number of nitrogens with one attached hydrogen (secondary N) is 2. The van der Waals surface area contributed by atoms with Gasteiger partial charge in [-0.15, -0.1) is 0 Å². The predicted octanol–water partition coefficient (Wildman–Crippen LogP) is 6.84. The number of anilines is 2. The molecular formula is C30H26Cl2N4O3. The summed E-state index contributed by atoms with van der Waals surface area (Å²) in [5.74, 6) is 1.15. The van der Waals surface area contributed by atoms with E-state index in [4.69, 9.17) is 33.7 Å². The first-order valence-corrected chi connectivity index (χ1v) is 13.1. The van der Waals surface area contributed by atoms with Gasteiger partial charge in [-0.25, -0.2) is 4.79 Å². The van der Waals surface area contributed by atoms with Crippen molar-refractivity contribution >= 4 is 46.5 Å². The maximum Gasteiger partial charge on any atom is 0.323 e. The molecule has 4 N–H and O–H groups in total. The van der Waals surface area contributed by atoms with E-state index in [0.717, 1.165) is 16.7 Å². The summed E-state index contributed by atoms with van der Waals surface area (Å²) >= 11 is 12.2. The third kappa shape index (κ3) is 6.70. The van der Waals surface area contributed by atoms with Gasteiger partial charge in [-0.1, -0.05) is 59.6 Å². The Labute approximate surface area is 236 Å². The van der Waals surface area contributed by atoms with Crippen molar-refractivity contribution in [1.82, 2.24) is 4.90 Å². The minimum Gasteiger partial charge on any atom is -0.457 e. The van der Waals surface area contributed by atoms with Crippen LogP contribution in [0.15, 0.2) is 91.0 Å². The van der Waals surface area contributed by atoms with Crippen molar-refractivity contribution in [2.45, 2.75) is 25.6 Å². The first kappa shape index (κ1) is 26.6. The van der Waals surface area contributed by atoms with Gasteiger partial charge in [0, 0.05) is 40.6 Å². The van der Waals surface area contributed by atoms with Crippen LogP contribution >= 0.6 is 23.2 Å². The molecule has 4 aromatic rings. The number of nitrogens with two attached hydrogens (primary N) is 1. The Balaban J connectivity index is 1.17. The number of carbonyl (C=O) groups excluding carboxylic acids is 2. The monoisotopic (exact) mass is 560 g/mol. The molecule has 7 nitrogen and oxygen atoms in total. The second kappa shape index (κ2) is 11.8. The summed E-state index contributed by atoms with van der Waals surface area (Å²) in [6, 6.07) is 26.2. The zero-order chi connectivity index (χ0) is 27.4. The molecule has 0 saturated heterocycles. The van der Waals surface area contributed by atoms with E-state index in [1.807, 2.05) is 54.6 Å². The third-order valence-electron chi connectivity index (χ3n) is 6.34. The van der Waals surface area contributed by atoms with Crippen LogP contribution in [0.5, 0.6) is 11.5 Å². The van der Waals surface area contributed by atoms with E-state index in [2.05, 4.69) is 10.6 Å². The van der Waals surface area contributed by atoms with Crippen LogP contribution in [0.1, 0.15) is 16.7 Å². The Bertz CT molecular complexity index is 1510. The fourth-order valence-corrected chi connectivity index (χ4v) is 4.92. The molecule has 0 radical (unpaired) electrons. The molecule has 0 aliphatic carbocycles. The van der Waals surface area contributed by atoms with Gasteiger partial charge in [-0.2, -0.15) is 0 Å². The van der Waals surface area contributed by atoms with Crippen LogP contribution in [0.3, 0.4) is 0 Å². The summed E-state index contributed by atoms with van der Waals surface area (Å²) in [7, 11) is 0. The van der Waals surface area contributed by atoms with Gasteiger partial charge >= 0.3 is 6.03 Å². The van der Waals surface area contributed by atoms with Crippen LogP contribution in [-0.2, 0) is 24.3 Å². The maximum atomic E-state index is 13.0. The molecule has 39 heavy (non-hydrogen) atoms. The summed E-state index contributed by atoms with van der Waals surface area (Å²) in [6.07, 6.45) is 0.312. The Hall–Kier alpha value is -4.04. The highest BCUT2D eigenvalue weighted by atomic mass is 35.5. The fraction of sp³-hybridized carbons (Fsp3) is 0.133. The van der Waals surface area contributed by atoms with Gasteiger partial charge in [0.05, 0.1) is 6.04 Å². The lowest BCUT2D eigenvalue weighted by molar-refractivity contribution is -0.133. The molecule has 3 amide bonds. The van der Waals surface area contributed by atoms with E-state index in [9.17, 15) is 9.59 Å². The number of halogens is 2. The van der Waals surface area contributed by atoms with Crippen molar-refractivity contribution in [3.8, 4) is 11.5 Å². The van der Waals surface area contributed by atoms with E-state index in [0.29, 0.717) is 52.4 Å². The van der Waals surface area contributed by atoms with Crippen LogP contribution < -0.4 is 21.1 Å². The number of rotatable bonds is 7. The van der Waals surface area contributed by atoms with Crippen molar-refractivity contribution in [2.24, 2.45) is 5.73 Å². The molecule has 0 aromatic heterocycles. The van der Waals surface area contributed by atoms with Gasteiger partial charge < -0.3 is 26.0 Å². The lowest BCUT2D eigenvalue weighted by atomic mass is 10.1. The van der Waals surface area contributed by atoms with Crippen molar-refractivity contribution in [3.63, 3.8) is 0 Å². The Morgan fingerprint density at radius 1 is 0.821 bits per heavy atom. The molecule has 1 aliphatic rings. The lowest BCUT2D eigenvalue weighted by Crippen LogP contribution is -2.42. The first-order chi connectivity index (χ1) is 18.8. The first-order valence-electron chi connectivity index (χ1n) is 12.3. The quantitative estimate of drug-likeness (QED) is 0.230. The summed E-state index contributed by atoms with van der Waals surface area (Å²) in [5.41, 5.74) is 10.2. The minimum absolute atomic E-state index is 0.165. The SMILES string of the molecule is N[C@H](Cc1ccc(Cl)cc1Cl)C(=O)N1Cc2ccc(NC(=O)Nc3cccc(Oc4ccccc4)c3)cc2C1. The molecule has 5 rings (SSSR count). The topological polar surface area (TPSA) is 96.7 Å². The number of fused-ring (bicyclic) bond motifs is 1. The average molecular weight is 561 g/mol. The van der Waals surface area contributed by atoms with Crippen molar-refractivity contribution in [2.75, 3.05) is 10.6 Å². The van der Waals surface area contributed by atoms with Gasteiger partial charge in [0.1, 0.15) is 11.5 Å². The van der Waals surface area contributed by atoms with E-state index in [1.165, 1.54) is 0 Å². The van der Waals surface area contributed by atoms with Crippen molar-refractivity contribution in [1.29, 1.82) is 0 Å². The molecule has 1 atom stereocenters. The van der Waals surface area contributed by atoms with E-state index >= 15 is 0 Å². The van der Waals surface area contributed by atoms with E-state index in [1.54, 1.807) is 41.3 Å². The Kier molecular flexibility index (Phi) is 8.02. The Morgan fingerprint density at radius 2 is 1.54 bits per heavy atom. The highest BCUT2D eigenvalue weighted by Crippen LogP contribution is 2.28. The molecular weight excluding hydrogens is 535 g/mol. The molecule has 4 aromatic carbocycles. The highest BCUT2D eigenvalue weighted by Gasteiger charge is 2.28.